The Labute approximate surface area is 149 Å². The van der Waals surface area contributed by atoms with Gasteiger partial charge in [-0.25, -0.2) is 13.1 Å². The topological polar surface area (TPSA) is 95.6 Å². The predicted molar refractivity (Wildman–Crippen MR) is 97.0 cm³/mol. The Morgan fingerprint density at radius 1 is 1.12 bits per heavy atom. The molecule has 0 aliphatic carbocycles. The molecule has 0 spiro atoms. The first kappa shape index (κ1) is 21.3. The van der Waals surface area contributed by atoms with Gasteiger partial charge in [-0.1, -0.05) is 26.0 Å². The second-order valence-electron chi connectivity index (χ2n) is 5.61. The molecule has 7 nitrogen and oxygen atoms in total. The summed E-state index contributed by atoms with van der Waals surface area (Å²) < 4.78 is 26.8. The molecule has 1 amide bonds. The van der Waals surface area contributed by atoms with Gasteiger partial charge in [-0.05, 0) is 32.1 Å². The van der Waals surface area contributed by atoms with Gasteiger partial charge in [0.05, 0.1) is 4.90 Å². The molecule has 0 atom stereocenters. The van der Waals surface area contributed by atoms with Crippen LogP contribution in [0, 0.1) is 0 Å². The third-order valence-corrected chi connectivity index (χ3v) is 5.30. The lowest BCUT2D eigenvalue weighted by Gasteiger charge is -2.17. The molecule has 1 aromatic rings. The van der Waals surface area contributed by atoms with E-state index < -0.39 is 10.0 Å². The van der Waals surface area contributed by atoms with E-state index in [0.717, 1.165) is 19.6 Å². The van der Waals surface area contributed by atoms with E-state index in [1.807, 2.05) is 0 Å². The zero-order chi connectivity index (χ0) is 18.9. The van der Waals surface area contributed by atoms with Crippen LogP contribution >= 0.6 is 0 Å². The highest BCUT2D eigenvalue weighted by atomic mass is 32.2. The van der Waals surface area contributed by atoms with Gasteiger partial charge >= 0.3 is 0 Å². The Balaban J connectivity index is 2.45. The fourth-order valence-corrected chi connectivity index (χ4v) is 3.32. The molecule has 0 aromatic heterocycles. The molecule has 0 aliphatic heterocycles. The van der Waals surface area contributed by atoms with E-state index in [9.17, 15) is 18.0 Å². The molecule has 140 valence electrons. The van der Waals surface area contributed by atoms with Gasteiger partial charge in [-0.3, -0.25) is 9.59 Å². The molecular weight excluding hydrogens is 342 g/mol. The minimum Gasteiger partial charge on any atom is -0.355 e. The van der Waals surface area contributed by atoms with Crippen molar-refractivity contribution in [3.63, 3.8) is 0 Å². The normalized spacial score (nSPS) is 11.5. The van der Waals surface area contributed by atoms with Crippen LogP contribution in [0.1, 0.15) is 37.6 Å². The SMILES string of the molecule is CCN(CC)CCNC(=O)CCNS(=O)(=O)c1cccc(C(C)=O)c1. The van der Waals surface area contributed by atoms with Crippen molar-refractivity contribution in [2.75, 3.05) is 32.7 Å². The van der Waals surface area contributed by atoms with Gasteiger partial charge in [0, 0.05) is 31.6 Å². The smallest absolute Gasteiger partial charge is 0.240 e. The van der Waals surface area contributed by atoms with E-state index in [0.29, 0.717) is 12.1 Å². The average molecular weight is 369 g/mol. The van der Waals surface area contributed by atoms with Crippen LogP contribution in [-0.4, -0.2) is 57.7 Å². The monoisotopic (exact) mass is 369 g/mol. The van der Waals surface area contributed by atoms with Crippen LogP contribution in [0.3, 0.4) is 0 Å². The van der Waals surface area contributed by atoms with Crippen molar-refractivity contribution in [2.45, 2.75) is 32.1 Å². The minimum absolute atomic E-state index is 0.00371. The largest absolute Gasteiger partial charge is 0.355 e. The van der Waals surface area contributed by atoms with Gasteiger partial charge in [-0.2, -0.15) is 0 Å². The second kappa shape index (κ2) is 10.3. The highest BCUT2D eigenvalue weighted by Gasteiger charge is 2.15. The number of hydrogen-bond acceptors (Lipinski definition) is 5. The molecule has 0 heterocycles. The van der Waals surface area contributed by atoms with Crippen LogP contribution in [0.5, 0.6) is 0 Å². The second-order valence-corrected chi connectivity index (χ2v) is 7.38. The molecule has 1 aromatic carbocycles. The van der Waals surface area contributed by atoms with Gasteiger partial charge in [-0.15, -0.1) is 0 Å². The van der Waals surface area contributed by atoms with Gasteiger partial charge in [0.2, 0.25) is 15.9 Å². The van der Waals surface area contributed by atoms with Gasteiger partial charge in [0.15, 0.2) is 5.78 Å². The van der Waals surface area contributed by atoms with Crippen molar-refractivity contribution in [3.05, 3.63) is 29.8 Å². The summed E-state index contributed by atoms with van der Waals surface area (Å²) in [7, 11) is -3.74. The van der Waals surface area contributed by atoms with E-state index >= 15 is 0 Å². The standard InChI is InChI=1S/C17H27N3O4S/c1-4-20(5-2)12-11-18-17(22)9-10-19-25(23,24)16-8-6-7-15(13-16)14(3)21/h6-8,13,19H,4-5,9-12H2,1-3H3,(H,18,22). The summed E-state index contributed by atoms with van der Waals surface area (Å²) >= 11 is 0. The molecule has 0 bridgehead atoms. The van der Waals surface area contributed by atoms with Crippen molar-refractivity contribution in [3.8, 4) is 0 Å². The van der Waals surface area contributed by atoms with Crippen molar-refractivity contribution in [2.24, 2.45) is 0 Å². The zero-order valence-electron chi connectivity index (χ0n) is 15.0. The molecule has 0 aliphatic rings. The molecule has 8 heteroatoms. The molecular formula is C17H27N3O4S. The van der Waals surface area contributed by atoms with Gasteiger partial charge in [0.1, 0.15) is 0 Å². The number of hydrogen-bond donors (Lipinski definition) is 2. The number of likely N-dealkylation sites (N-methyl/N-ethyl adjacent to an activating group) is 1. The maximum absolute atomic E-state index is 12.2. The predicted octanol–water partition coefficient (Wildman–Crippen LogP) is 1.02. The quantitative estimate of drug-likeness (QED) is 0.568. The lowest BCUT2D eigenvalue weighted by atomic mass is 10.2. The van der Waals surface area contributed by atoms with Crippen LogP contribution in [0.15, 0.2) is 29.2 Å². The molecule has 2 N–H and O–H groups in total. The molecule has 0 unspecified atom stereocenters. The number of nitrogens with one attached hydrogen (secondary N) is 2. The number of benzene rings is 1. The van der Waals surface area contributed by atoms with E-state index in [1.165, 1.54) is 25.1 Å². The number of nitrogens with zero attached hydrogens (tertiary/aromatic N) is 1. The maximum atomic E-state index is 12.2. The first-order valence-corrected chi connectivity index (χ1v) is 9.88. The summed E-state index contributed by atoms with van der Waals surface area (Å²) in [5.74, 6) is -0.406. The lowest BCUT2D eigenvalue weighted by molar-refractivity contribution is -0.120. The summed E-state index contributed by atoms with van der Waals surface area (Å²) in [6.45, 7) is 8.64. The lowest BCUT2D eigenvalue weighted by Crippen LogP contribution is -2.36. The van der Waals surface area contributed by atoms with Crippen LogP contribution in [0.4, 0.5) is 0 Å². The summed E-state index contributed by atoms with van der Waals surface area (Å²) in [5.41, 5.74) is 0.331. The molecule has 1 rings (SSSR count). The Kier molecular flexibility index (Phi) is 8.74. The van der Waals surface area contributed by atoms with Gasteiger partial charge in [0.25, 0.3) is 0 Å². The number of carbonyl (C=O) groups is 2. The van der Waals surface area contributed by atoms with Crippen molar-refractivity contribution in [1.29, 1.82) is 0 Å². The summed E-state index contributed by atoms with van der Waals surface area (Å²) in [4.78, 5) is 25.3. The fraction of sp³-hybridized carbons (Fsp3) is 0.529. The highest BCUT2D eigenvalue weighted by Crippen LogP contribution is 2.11. The number of Topliss-reactive ketones (excluding diaryl/α,β-unsaturated/α-hetero) is 1. The maximum Gasteiger partial charge on any atom is 0.240 e. The Bertz CT molecular complexity index is 685. The van der Waals surface area contributed by atoms with Crippen LogP contribution < -0.4 is 10.0 Å². The van der Waals surface area contributed by atoms with Crippen LogP contribution in [-0.2, 0) is 14.8 Å². The first-order chi connectivity index (χ1) is 11.8. The first-order valence-electron chi connectivity index (χ1n) is 8.39. The van der Waals surface area contributed by atoms with Crippen molar-refractivity contribution < 1.29 is 18.0 Å². The third kappa shape index (κ3) is 7.33. The summed E-state index contributed by atoms with van der Waals surface area (Å²) in [6.07, 6.45) is 0.0594. The van der Waals surface area contributed by atoms with Gasteiger partial charge < -0.3 is 10.2 Å². The number of ketones is 1. The van der Waals surface area contributed by atoms with E-state index in [1.54, 1.807) is 6.07 Å². The number of sulfonamides is 1. The molecule has 25 heavy (non-hydrogen) atoms. The fourth-order valence-electron chi connectivity index (χ4n) is 2.25. The average Bonchev–Trinajstić information content (AvgIpc) is 2.58. The molecule has 0 saturated carbocycles. The summed E-state index contributed by atoms with van der Waals surface area (Å²) in [6, 6.07) is 5.82. The minimum atomic E-state index is -3.74. The van der Waals surface area contributed by atoms with Crippen LogP contribution in [0.25, 0.3) is 0 Å². The highest BCUT2D eigenvalue weighted by molar-refractivity contribution is 7.89. The molecule has 0 saturated heterocycles. The van der Waals surface area contributed by atoms with Crippen molar-refractivity contribution >= 4 is 21.7 Å². The summed E-state index contributed by atoms with van der Waals surface area (Å²) in [5, 5.41) is 2.77. The Morgan fingerprint density at radius 3 is 2.40 bits per heavy atom. The molecule has 0 radical (unpaired) electrons. The Morgan fingerprint density at radius 2 is 1.80 bits per heavy atom. The number of carbonyl (C=O) groups excluding carboxylic acids is 2. The number of amides is 1. The van der Waals surface area contributed by atoms with E-state index in [2.05, 4.69) is 28.8 Å². The molecule has 0 fully saturated rings. The van der Waals surface area contributed by atoms with E-state index in [-0.39, 0.29) is 29.6 Å². The van der Waals surface area contributed by atoms with Crippen LogP contribution in [0.2, 0.25) is 0 Å². The third-order valence-electron chi connectivity index (χ3n) is 3.84. The van der Waals surface area contributed by atoms with Crippen molar-refractivity contribution in [1.82, 2.24) is 14.9 Å². The van der Waals surface area contributed by atoms with E-state index in [4.69, 9.17) is 0 Å². The zero-order valence-corrected chi connectivity index (χ0v) is 15.9. The number of rotatable bonds is 11. The Hall–Kier alpha value is -1.77.